The molecule has 2 bridgehead atoms. The largest absolute Gasteiger partial charge is 0.444 e. The van der Waals surface area contributed by atoms with Crippen molar-refractivity contribution in [1.82, 2.24) is 20.5 Å². The number of benzene rings is 1. The second-order valence-corrected chi connectivity index (χ2v) is 14.3. The normalized spacial score (nSPS) is 31.3. The quantitative estimate of drug-likeness (QED) is 0.302. The molecule has 3 aromatic rings. The van der Waals surface area contributed by atoms with E-state index in [4.69, 9.17) is 9.15 Å². The Morgan fingerprint density at radius 3 is 2.22 bits per heavy atom. The van der Waals surface area contributed by atoms with Crippen LogP contribution in [0.4, 0.5) is 36.8 Å². The third kappa shape index (κ3) is 4.56. The Labute approximate surface area is 254 Å². The van der Waals surface area contributed by atoms with E-state index in [2.05, 4.69) is 20.5 Å². The van der Waals surface area contributed by atoms with E-state index in [9.17, 15) is 31.1 Å². The number of hydrogen-bond acceptors (Lipinski definition) is 7. The molecule has 1 N–H and O–H groups in total. The molecular formula is C31H33F6N5O3. The number of piperidine rings is 1. The number of alkyl carbamates (subject to hydrolysis) is 1. The molecule has 0 spiro atoms. The van der Waals surface area contributed by atoms with Gasteiger partial charge in [-0.2, -0.15) is 26.3 Å². The lowest BCUT2D eigenvalue weighted by molar-refractivity contribution is -0.187. The van der Waals surface area contributed by atoms with Gasteiger partial charge in [0.2, 0.25) is 11.8 Å². The molecule has 2 aromatic heterocycles. The van der Waals surface area contributed by atoms with Crippen LogP contribution in [0.15, 0.2) is 34.9 Å². The van der Waals surface area contributed by atoms with Crippen LogP contribution in [0.2, 0.25) is 0 Å². The second-order valence-electron chi connectivity index (χ2n) is 14.3. The van der Waals surface area contributed by atoms with Crippen molar-refractivity contribution >= 4 is 22.7 Å². The number of hydrogen-bond donors (Lipinski definition) is 1. The van der Waals surface area contributed by atoms with Gasteiger partial charge in [0, 0.05) is 41.3 Å². The number of fused-ring (bicyclic) bond motifs is 5. The Bertz CT molecular complexity index is 1660. The number of ether oxygens (including phenoxy) is 1. The van der Waals surface area contributed by atoms with Crippen molar-refractivity contribution in [2.75, 3.05) is 18.0 Å². The number of halogens is 6. The summed E-state index contributed by atoms with van der Waals surface area (Å²) in [6.45, 7) is 4.80. The van der Waals surface area contributed by atoms with Gasteiger partial charge in [-0.1, -0.05) is 0 Å². The summed E-state index contributed by atoms with van der Waals surface area (Å²) >= 11 is 0. The molecule has 4 saturated carbocycles. The van der Waals surface area contributed by atoms with Gasteiger partial charge in [0.15, 0.2) is 0 Å². The molecule has 4 aliphatic carbocycles. The SMILES string of the molecule is CC(C)(C)OC(=O)NC12CCC(c3nnc([C@]45CN(c6ccc(C(F)(F)F)c7ncccc67)C[C@@]4(C(F)(F)F)C5)o3)(CC1)CC2. The highest BCUT2D eigenvalue weighted by Crippen LogP contribution is 2.75. The van der Waals surface area contributed by atoms with E-state index >= 15 is 0 Å². The molecule has 1 aromatic carbocycles. The number of nitrogens with one attached hydrogen (secondary N) is 1. The number of aromatic nitrogens is 3. The molecule has 0 radical (unpaired) electrons. The standard InChI is InChI=1S/C31H33F6N5O3/c1-25(2,3)45-24(43)39-27-11-8-26(9-12-27,10-13-27)22-40-41-23(44-22)28-15-29(28,31(35,36)37)17-42(16-28)20-7-6-19(30(32,33)34)21-18(20)5-4-14-38-21/h4-7,14H,8-13,15-17H2,1-3H3,(H,39,43)/t26?,27?,28-,29-/m0/s1. The third-order valence-electron chi connectivity index (χ3n) is 10.6. The molecule has 3 heterocycles. The zero-order valence-electron chi connectivity index (χ0n) is 25.0. The van der Waals surface area contributed by atoms with Gasteiger partial charge in [-0.05, 0) is 90.0 Å². The van der Waals surface area contributed by atoms with Crippen molar-refractivity contribution in [1.29, 1.82) is 0 Å². The molecule has 1 aliphatic heterocycles. The first-order valence-electron chi connectivity index (χ1n) is 15.0. The molecule has 45 heavy (non-hydrogen) atoms. The average molecular weight is 638 g/mol. The van der Waals surface area contributed by atoms with Gasteiger partial charge in [-0.3, -0.25) is 4.98 Å². The van der Waals surface area contributed by atoms with E-state index in [1.54, 1.807) is 20.8 Å². The molecular weight excluding hydrogens is 604 g/mol. The summed E-state index contributed by atoms with van der Waals surface area (Å²) in [5, 5.41) is 11.7. The van der Waals surface area contributed by atoms with Crippen LogP contribution in [0.5, 0.6) is 0 Å². The molecule has 1 amide bonds. The van der Waals surface area contributed by atoms with Gasteiger partial charge < -0.3 is 19.4 Å². The van der Waals surface area contributed by atoms with Crippen molar-refractivity contribution in [2.45, 2.75) is 100 Å². The van der Waals surface area contributed by atoms with Gasteiger partial charge in [0.05, 0.1) is 16.5 Å². The fourth-order valence-electron chi connectivity index (χ4n) is 8.08. The lowest BCUT2D eigenvalue weighted by atomic mass is 9.57. The second kappa shape index (κ2) is 9.25. The first-order valence-corrected chi connectivity index (χ1v) is 15.0. The highest BCUT2D eigenvalue weighted by atomic mass is 19.4. The highest BCUT2D eigenvalue weighted by molar-refractivity contribution is 5.94. The maximum Gasteiger partial charge on any atom is 0.418 e. The highest BCUT2D eigenvalue weighted by Gasteiger charge is 2.86. The molecule has 2 atom stereocenters. The number of anilines is 1. The van der Waals surface area contributed by atoms with Crippen LogP contribution in [-0.2, 0) is 21.7 Å². The van der Waals surface area contributed by atoms with E-state index in [1.165, 1.54) is 29.3 Å². The molecule has 8 nitrogen and oxygen atoms in total. The number of pyridine rings is 1. The Morgan fingerprint density at radius 2 is 1.60 bits per heavy atom. The third-order valence-corrected chi connectivity index (χ3v) is 10.6. The van der Waals surface area contributed by atoms with Gasteiger partial charge in [0.25, 0.3) is 0 Å². The number of carbonyl (C=O) groups excluding carboxylic acids is 1. The van der Waals surface area contributed by atoms with E-state index in [-0.39, 0.29) is 35.4 Å². The van der Waals surface area contributed by atoms with Gasteiger partial charge in [-0.25, -0.2) is 4.79 Å². The Balaban J connectivity index is 1.16. The predicted octanol–water partition coefficient (Wildman–Crippen LogP) is 7.22. The predicted molar refractivity (Wildman–Crippen MR) is 150 cm³/mol. The maximum absolute atomic E-state index is 14.8. The van der Waals surface area contributed by atoms with Crippen LogP contribution in [0.3, 0.4) is 0 Å². The molecule has 242 valence electrons. The topological polar surface area (TPSA) is 93.4 Å². The summed E-state index contributed by atoms with van der Waals surface area (Å²) in [5.74, 6) is 0.221. The molecule has 1 saturated heterocycles. The van der Waals surface area contributed by atoms with Crippen LogP contribution in [0.25, 0.3) is 10.9 Å². The van der Waals surface area contributed by atoms with Crippen LogP contribution in [0.1, 0.15) is 83.1 Å². The lowest BCUT2D eigenvalue weighted by Gasteiger charge is -2.51. The number of carbonyl (C=O) groups is 1. The Hall–Kier alpha value is -3.58. The van der Waals surface area contributed by atoms with Crippen LogP contribution >= 0.6 is 0 Å². The van der Waals surface area contributed by atoms with Crippen molar-refractivity contribution in [2.24, 2.45) is 5.41 Å². The van der Waals surface area contributed by atoms with E-state index < -0.39 is 57.9 Å². The fraction of sp³-hybridized carbons (Fsp3) is 0.613. The van der Waals surface area contributed by atoms with Gasteiger partial charge in [-0.15, -0.1) is 10.2 Å². The number of amides is 1. The summed E-state index contributed by atoms with van der Waals surface area (Å²) in [6.07, 6.45) is -4.97. The summed E-state index contributed by atoms with van der Waals surface area (Å²) in [6, 6.07) is 5.00. The minimum atomic E-state index is -4.67. The van der Waals surface area contributed by atoms with E-state index in [0.29, 0.717) is 44.4 Å². The van der Waals surface area contributed by atoms with Crippen molar-refractivity contribution in [3.05, 3.63) is 47.8 Å². The first kappa shape index (κ1) is 30.1. The molecule has 5 aliphatic rings. The van der Waals surface area contributed by atoms with Crippen molar-refractivity contribution in [3.8, 4) is 0 Å². The first-order chi connectivity index (χ1) is 20.9. The zero-order valence-corrected chi connectivity index (χ0v) is 25.0. The van der Waals surface area contributed by atoms with Gasteiger partial charge >= 0.3 is 18.4 Å². The monoisotopic (exact) mass is 637 g/mol. The summed E-state index contributed by atoms with van der Waals surface area (Å²) in [7, 11) is 0. The Kier molecular flexibility index (Phi) is 6.18. The summed E-state index contributed by atoms with van der Waals surface area (Å²) in [5.41, 5.74) is -6.26. The van der Waals surface area contributed by atoms with E-state index in [1.807, 2.05) is 0 Å². The van der Waals surface area contributed by atoms with E-state index in [0.717, 1.165) is 6.07 Å². The number of nitrogens with zero attached hydrogens (tertiary/aromatic N) is 4. The van der Waals surface area contributed by atoms with Crippen LogP contribution in [-0.4, -0.2) is 51.7 Å². The van der Waals surface area contributed by atoms with Gasteiger partial charge in [0.1, 0.15) is 11.0 Å². The smallest absolute Gasteiger partial charge is 0.418 e. The van der Waals surface area contributed by atoms with Crippen molar-refractivity contribution in [3.63, 3.8) is 0 Å². The molecule has 14 heteroatoms. The molecule has 0 unspecified atom stereocenters. The zero-order chi connectivity index (χ0) is 32.3. The number of alkyl halides is 6. The molecule has 8 rings (SSSR count). The number of rotatable bonds is 4. The lowest BCUT2D eigenvalue weighted by Crippen LogP contribution is -2.58. The maximum atomic E-state index is 14.8. The minimum Gasteiger partial charge on any atom is -0.444 e. The van der Waals surface area contributed by atoms with Crippen LogP contribution < -0.4 is 10.2 Å². The average Bonchev–Trinajstić information content (AvgIpc) is 3.24. The molecule has 5 fully saturated rings. The fourth-order valence-corrected chi connectivity index (χ4v) is 8.08. The minimum absolute atomic E-state index is 0.0877. The summed E-state index contributed by atoms with van der Waals surface area (Å²) < 4.78 is 97.1. The summed E-state index contributed by atoms with van der Waals surface area (Å²) in [4.78, 5) is 17.9. The van der Waals surface area contributed by atoms with Crippen molar-refractivity contribution < 1.29 is 40.3 Å². The Morgan fingerprint density at radius 1 is 0.933 bits per heavy atom. The van der Waals surface area contributed by atoms with Crippen LogP contribution in [0, 0.1) is 5.41 Å².